The molecular formula is C13H13FN4O3. The highest BCUT2D eigenvalue weighted by Crippen LogP contribution is 2.19. The Morgan fingerprint density at radius 2 is 2.00 bits per heavy atom. The second-order valence-corrected chi connectivity index (χ2v) is 4.38. The molecule has 0 aliphatic rings. The number of halogens is 1. The number of anilines is 2. The lowest BCUT2D eigenvalue weighted by molar-refractivity contribution is 0.0698. The Morgan fingerprint density at radius 3 is 2.57 bits per heavy atom. The van der Waals surface area contributed by atoms with Crippen molar-refractivity contribution in [2.24, 2.45) is 0 Å². The summed E-state index contributed by atoms with van der Waals surface area (Å²) < 4.78 is 13.2. The predicted octanol–water partition coefficient (Wildman–Crippen LogP) is 2.51. The van der Waals surface area contributed by atoms with Crippen molar-refractivity contribution in [3.63, 3.8) is 0 Å². The lowest BCUT2D eigenvalue weighted by Crippen LogP contribution is -2.21. The fourth-order valence-corrected chi connectivity index (χ4v) is 1.81. The standard InChI is InChI=1S/C13H13FN4O3/c1-6-11(7(2)18-17-6)16-13(21)15-10-5-8(14)3-4-9(10)12(19)20/h3-5H,1-2H3,(H,17,18)(H,19,20)(H2,15,16,21). The van der Waals surface area contributed by atoms with E-state index >= 15 is 0 Å². The van der Waals surface area contributed by atoms with Crippen LogP contribution in [0, 0.1) is 19.7 Å². The van der Waals surface area contributed by atoms with Gasteiger partial charge in [-0.1, -0.05) is 0 Å². The van der Waals surface area contributed by atoms with Crippen LogP contribution in [0.3, 0.4) is 0 Å². The number of aromatic amines is 1. The zero-order valence-corrected chi connectivity index (χ0v) is 11.3. The van der Waals surface area contributed by atoms with Gasteiger partial charge in [0.15, 0.2) is 0 Å². The van der Waals surface area contributed by atoms with Gasteiger partial charge in [0, 0.05) is 0 Å². The molecule has 8 heteroatoms. The molecule has 0 aliphatic heterocycles. The third-order valence-electron chi connectivity index (χ3n) is 2.83. The molecule has 0 bridgehead atoms. The molecule has 7 nitrogen and oxygen atoms in total. The average Bonchev–Trinajstić information content (AvgIpc) is 2.70. The Morgan fingerprint density at radius 1 is 1.29 bits per heavy atom. The lowest BCUT2D eigenvalue weighted by Gasteiger charge is -2.10. The van der Waals surface area contributed by atoms with Crippen LogP contribution in [0.2, 0.25) is 0 Å². The van der Waals surface area contributed by atoms with Gasteiger partial charge in [-0.05, 0) is 32.0 Å². The fraction of sp³-hybridized carbons (Fsp3) is 0.154. The summed E-state index contributed by atoms with van der Waals surface area (Å²) >= 11 is 0. The van der Waals surface area contributed by atoms with Crippen molar-refractivity contribution in [2.75, 3.05) is 10.6 Å². The molecule has 4 N–H and O–H groups in total. The van der Waals surface area contributed by atoms with E-state index in [9.17, 15) is 14.0 Å². The molecule has 21 heavy (non-hydrogen) atoms. The van der Waals surface area contributed by atoms with Gasteiger partial charge in [0.05, 0.1) is 28.3 Å². The first-order valence-corrected chi connectivity index (χ1v) is 6.01. The van der Waals surface area contributed by atoms with Crippen LogP contribution in [0.25, 0.3) is 0 Å². The van der Waals surface area contributed by atoms with E-state index in [-0.39, 0.29) is 11.3 Å². The molecule has 0 radical (unpaired) electrons. The summed E-state index contributed by atoms with van der Waals surface area (Å²) in [5.74, 6) is -1.91. The number of carbonyl (C=O) groups excluding carboxylic acids is 1. The number of carboxylic acid groups (broad SMARTS) is 1. The predicted molar refractivity (Wildman–Crippen MR) is 74.1 cm³/mol. The van der Waals surface area contributed by atoms with E-state index < -0.39 is 17.8 Å². The van der Waals surface area contributed by atoms with Gasteiger partial charge in [-0.15, -0.1) is 0 Å². The molecule has 110 valence electrons. The van der Waals surface area contributed by atoms with Crippen molar-refractivity contribution in [3.8, 4) is 0 Å². The van der Waals surface area contributed by atoms with Gasteiger partial charge in [0.2, 0.25) is 0 Å². The van der Waals surface area contributed by atoms with E-state index in [2.05, 4.69) is 20.8 Å². The summed E-state index contributed by atoms with van der Waals surface area (Å²) in [6.45, 7) is 3.42. The highest BCUT2D eigenvalue weighted by molar-refractivity contribution is 6.05. The smallest absolute Gasteiger partial charge is 0.337 e. The van der Waals surface area contributed by atoms with E-state index in [4.69, 9.17) is 5.11 Å². The van der Waals surface area contributed by atoms with Crippen molar-refractivity contribution < 1.29 is 19.1 Å². The molecule has 0 saturated heterocycles. The Kier molecular flexibility index (Phi) is 3.88. The molecule has 2 amide bonds. The number of H-pyrrole nitrogens is 1. The molecular weight excluding hydrogens is 279 g/mol. The number of rotatable bonds is 3. The number of nitrogens with one attached hydrogen (secondary N) is 3. The number of carboxylic acids is 1. The molecule has 2 aromatic rings. The Hall–Kier alpha value is -2.90. The van der Waals surface area contributed by atoms with Crippen molar-refractivity contribution in [2.45, 2.75) is 13.8 Å². The first kappa shape index (κ1) is 14.5. The molecule has 0 spiro atoms. The van der Waals surface area contributed by atoms with Crippen LogP contribution in [-0.2, 0) is 0 Å². The van der Waals surface area contributed by atoms with E-state index in [0.29, 0.717) is 17.1 Å². The van der Waals surface area contributed by atoms with E-state index in [1.54, 1.807) is 13.8 Å². The number of hydrogen-bond acceptors (Lipinski definition) is 3. The average molecular weight is 292 g/mol. The van der Waals surface area contributed by atoms with Gasteiger partial charge in [-0.25, -0.2) is 14.0 Å². The van der Waals surface area contributed by atoms with Gasteiger partial charge in [-0.3, -0.25) is 5.10 Å². The summed E-state index contributed by atoms with van der Waals surface area (Å²) in [7, 11) is 0. The topological polar surface area (TPSA) is 107 Å². The van der Waals surface area contributed by atoms with Crippen LogP contribution in [0.5, 0.6) is 0 Å². The number of aryl methyl sites for hydroxylation is 2. The van der Waals surface area contributed by atoms with Gasteiger partial charge >= 0.3 is 12.0 Å². The normalized spacial score (nSPS) is 10.2. The van der Waals surface area contributed by atoms with E-state index in [1.807, 2.05) is 0 Å². The Balaban J connectivity index is 2.20. The van der Waals surface area contributed by atoms with E-state index in [1.165, 1.54) is 0 Å². The minimum Gasteiger partial charge on any atom is -0.478 e. The number of nitrogens with zero attached hydrogens (tertiary/aromatic N) is 1. The molecule has 1 aromatic heterocycles. The number of aromatic nitrogens is 2. The zero-order chi connectivity index (χ0) is 15.6. The molecule has 0 unspecified atom stereocenters. The molecule has 0 aliphatic carbocycles. The number of amides is 2. The van der Waals surface area contributed by atoms with Crippen LogP contribution in [0.4, 0.5) is 20.6 Å². The van der Waals surface area contributed by atoms with Crippen molar-refractivity contribution >= 4 is 23.4 Å². The number of hydrogen-bond donors (Lipinski definition) is 4. The fourth-order valence-electron chi connectivity index (χ4n) is 1.81. The van der Waals surface area contributed by atoms with Crippen LogP contribution in [0.15, 0.2) is 18.2 Å². The Labute approximate surface area is 119 Å². The lowest BCUT2D eigenvalue weighted by atomic mass is 10.2. The highest BCUT2D eigenvalue weighted by atomic mass is 19.1. The van der Waals surface area contributed by atoms with Gasteiger partial charge in [0.1, 0.15) is 5.82 Å². The van der Waals surface area contributed by atoms with Crippen LogP contribution < -0.4 is 10.6 Å². The maximum absolute atomic E-state index is 13.2. The monoisotopic (exact) mass is 292 g/mol. The maximum atomic E-state index is 13.2. The number of carbonyl (C=O) groups is 2. The van der Waals surface area contributed by atoms with Crippen LogP contribution >= 0.6 is 0 Å². The third-order valence-corrected chi connectivity index (χ3v) is 2.83. The summed E-state index contributed by atoms with van der Waals surface area (Å²) in [4.78, 5) is 22.9. The maximum Gasteiger partial charge on any atom is 0.337 e. The number of aromatic carboxylic acids is 1. The van der Waals surface area contributed by atoms with Crippen molar-refractivity contribution in [3.05, 3.63) is 41.0 Å². The number of benzene rings is 1. The van der Waals surface area contributed by atoms with Crippen molar-refractivity contribution in [1.82, 2.24) is 10.2 Å². The molecule has 0 fully saturated rings. The molecule has 2 rings (SSSR count). The molecule has 0 saturated carbocycles. The third kappa shape index (κ3) is 3.16. The van der Waals surface area contributed by atoms with Crippen molar-refractivity contribution in [1.29, 1.82) is 0 Å². The SMILES string of the molecule is Cc1n[nH]c(C)c1NC(=O)Nc1cc(F)ccc1C(=O)O. The van der Waals surface area contributed by atoms with Gasteiger partial charge in [-0.2, -0.15) is 5.10 Å². The van der Waals surface area contributed by atoms with Gasteiger partial charge < -0.3 is 15.7 Å². The molecule has 0 atom stereocenters. The zero-order valence-electron chi connectivity index (χ0n) is 11.3. The quantitative estimate of drug-likeness (QED) is 0.697. The Bertz CT molecular complexity index is 692. The molecule has 1 heterocycles. The van der Waals surface area contributed by atoms with E-state index in [0.717, 1.165) is 18.2 Å². The second-order valence-electron chi connectivity index (χ2n) is 4.38. The van der Waals surface area contributed by atoms with Gasteiger partial charge in [0.25, 0.3) is 0 Å². The first-order chi connectivity index (χ1) is 9.88. The number of urea groups is 1. The van der Waals surface area contributed by atoms with Crippen LogP contribution in [0.1, 0.15) is 21.7 Å². The summed E-state index contributed by atoms with van der Waals surface area (Å²) in [6.07, 6.45) is 0. The summed E-state index contributed by atoms with van der Waals surface area (Å²) in [5, 5.41) is 20.5. The first-order valence-electron chi connectivity index (χ1n) is 6.01. The van der Waals surface area contributed by atoms with Crippen LogP contribution in [-0.4, -0.2) is 27.3 Å². The minimum absolute atomic E-state index is 0.126. The highest BCUT2D eigenvalue weighted by Gasteiger charge is 2.15. The largest absolute Gasteiger partial charge is 0.478 e. The minimum atomic E-state index is -1.26. The molecule has 1 aromatic carbocycles. The summed E-state index contributed by atoms with van der Waals surface area (Å²) in [6, 6.07) is 2.35. The summed E-state index contributed by atoms with van der Waals surface area (Å²) in [5.41, 5.74) is 1.40. The second kappa shape index (κ2) is 5.61.